The Morgan fingerprint density at radius 1 is 0.738 bits per heavy atom. The van der Waals surface area contributed by atoms with Crippen LogP contribution in [0.15, 0.2) is 85.0 Å². The largest absolute Gasteiger partial charge is 0.462 e. The van der Waals surface area contributed by atoms with Gasteiger partial charge in [0.1, 0.15) is 11.5 Å². The zero-order valence-corrected chi connectivity index (χ0v) is 24.9. The van der Waals surface area contributed by atoms with Crippen LogP contribution in [0.3, 0.4) is 0 Å². The Kier molecular flexibility index (Phi) is 8.96. The lowest BCUT2D eigenvalue weighted by molar-refractivity contribution is -0.139. The molecule has 0 heterocycles. The van der Waals surface area contributed by atoms with Crippen molar-refractivity contribution in [1.82, 2.24) is 0 Å². The topological polar surface area (TPSA) is 78.9 Å². The molecule has 1 aliphatic rings. The molecule has 6 nitrogen and oxygen atoms in total. The molecule has 0 amide bonds. The molecule has 0 aliphatic heterocycles. The minimum Gasteiger partial charge on any atom is -0.462 e. The molecule has 1 aliphatic carbocycles. The monoisotopic (exact) mass is 564 g/mol. The minimum atomic E-state index is -0.573. The summed E-state index contributed by atoms with van der Waals surface area (Å²) in [5.41, 5.74) is 9.22. The highest BCUT2D eigenvalue weighted by molar-refractivity contribution is 5.92. The van der Waals surface area contributed by atoms with Gasteiger partial charge in [-0.2, -0.15) is 0 Å². The Balaban J connectivity index is 1.66. The van der Waals surface area contributed by atoms with E-state index in [0.29, 0.717) is 17.7 Å². The summed E-state index contributed by atoms with van der Waals surface area (Å²) in [5.74, 6) is -0.803. The van der Waals surface area contributed by atoms with E-state index in [4.69, 9.17) is 14.2 Å². The van der Waals surface area contributed by atoms with Crippen molar-refractivity contribution in [2.45, 2.75) is 53.4 Å². The Morgan fingerprint density at radius 2 is 1.36 bits per heavy atom. The molecule has 3 aromatic rings. The van der Waals surface area contributed by atoms with Crippen LogP contribution in [0.5, 0.6) is 11.5 Å². The van der Waals surface area contributed by atoms with Gasteiger partial charge in [-0.25, -0.2) is 14.4 Å². The van der Waals surface area contributed by atoms with Gasteiger partial charge in [0.25, 0.3) is 0 Å². The van der Waals surface area contributed by atoms with Gasteiger partial charge in [-0.3, -0.25) is 0 Å². The van der Waals surface area contributed by atoms with E-state index in [1.54, 1.807) is 32.9 Å². The smallest absolute Gasteiger partial charge is 0.338 e. The highest BCUT2D eigenvalue weighted by Crippen LogP contribution is 2.40. The summed E-state index contributed by atoms with van der Waals surface area (Å²) in [6.07, 6.45) is 1.86. The van der Waals surface area contributed by atoms with Crippen LogP contribution in [0.4, 0.5) is 0 Å². The average Bonchev–Trinajstić information content (AvgIpc) is 3.35. The number of aryl methyl sites for hydroxylation is 3. The number of fused-ring (bicyclic) bond motifs is 1. The van der Waals surface area contributed by atoms with Gasteiger partial charge >= 0.3 is 17.9 Å². The number of carbonyl (C=O) groups excluding carboxylic acids is 3. The molecule has 3 aromatic carbocycles. The standard InChI is InChI=1S/C36H36O6/c1-20(2)34(37)40-19-27-10-9-25-17-26(11-13-29(25)27)31-15-24(8)32(16-23(31)7)30-14-12-28(41-35(38)21(3)4)18-33(30)42-36(39)22(5)6/h11-18,27H,1,3,5,9-10,19H2,2,4,6-8H3. The van der Waals surface area contributed by atoms with E-state index in [9.17, 15) is 14.4 Å². The maximum absolute atomic E-state index is 12.5. The molecular weight excluding hydrogens is 528 g/mol. The Bertz CT molecular complexity index is 1640. The zero-order valence-electron chi connectivity index (χ0n) is 24.9. The Labute approximate surface area is 247 Å². The van der Waals surface area contributed by atoms with Gasteiger partial charge in [-0.1, -0.05) is 50.1 Å². The molecule has 0 radical (unpaired) electrons. The lowest BCUT2D eigenvalue weighted by atomic mass is 9.90. The molecule has 0 fully saturated rings. The molecule has 1 unspecified atom stereocenters. The summed E-state index contributed by atoms with van der Waals surface area (Å²) in [6, 6.07) is 15.7. The number of carbonyl (C=O) groups is 3. The van der Waals surface area contributed by atoms with Crippen molar-refractivity contribution in [2.75, 3.05) is 6.61 Å². The van der Waals surface area contributed by atoms with Gasteiger partial charge in [0, 0.05) is 34.3 Å². The lowest BCUT2D eigenvalue weighted by Gasteiger charge is -2.17. The first-order valence-corrected chi connectivity index (χ1v) is 13.8. The molecule has 0 saturated carbocycles. The maximum atomic E-state index is 12.5. The van der Waals surface area contributed by atoms with Crippen molar-refractivity contribution < 1.29 is 28.6 Å². The van der Waals surface area contributed by atoms with Gasteiger partial charge in [-0.05, 0) is 98.5 Å². The first-order chi connectivity index (χ1) is 19.8. The molecule has 216 valence electrons. The molecule has 0 N–H and O–H groups in total. The molecule has 42 heavy (non-hydrogen) atoms. The van der Waals surface area contributed by atoms with Crippen LogP contribution in [0.1, 0.15) is 55.4 Å². The normalized spacial score (nSPS) is 13.6. The van der Waals surface area contributed by atoms with Crippen LogP contribution in [0, 0.1) is 13.8 Å². The van der Waals surface area contributed by atoms with Crippen LogP contribution in [0.25, 0.3) is 22.3 Å². The van der Waals surface area contributed by atoms with E-state index >= 15 is 0 Å². The van der Waals surface area contributed by atoms with Crippen LogP contribution >= 0.6 is 0 Å². The second-order valence-electron chi connectivity index (χ2n) is 11.0. The van der Waals surface area contributed by atoms with Gasteiger partial charge in [0.05, 0.1) is 6.61 Å². The number of rotatable bonds is 9. The molecular formula is C36H36O6. The number of esters is 3. The fraction of sp³-hybridized carbons (Fsp3) is 0.250. The van der Waals surface area contributed by atoms with Crippen molar-refractivity contribution >= 4 is 17.9 Å². The Morgan fingerprint density at radius 3 is 2.02 bits per heavy atom. The summed E-state index contributed by atoms with van der Waals surface area (Å²) in [7, 11) is 0. The third-order valence-corrected chi connectivity index (χ3v) is 7.34. The molecule has 0 saturated heterocycles. The van der Waals surface area contributed by atoms with Crippen LogP contribution in [0.2, 0.25) is 0 Å². The maximum Gasteiger partial charge on any atom is 0.338 e. The summed E-state index contributed by atoms with van der Waals surface area (Å²) in [6.45, 7) is 20.2. The molecule has 0 aromatic heterocycles. The van der Waals surface area contributed by atoms with Gasteiger partial charge in [-0.15, -0.1) is 0 Å². The highest BCUT2D eigenvalue weighted by Gasteiger charge is 2.25. The third-order valence-electron chi connectivity index (χ3n) is 7.34. The SMILES string of the molecule is C=C(C)C(=O)OCC1CCc2cc(-c3cc(C)c(-c4ccc(OC(=O)C(=C)C)cc4OC(=O)C(=C)C)cc3C)ccc21. The van der Waals surface area contributed by atoms with Gasteiger partial charge < -0.3 is 14.2 Å². The van der Waals surface area contributed by atoms with Crippen molar-refractivity contribution in [1.29, 1.82) is 0 Å². The van der Waals surface area contributed by atoms with Crippen LogP contribution in [-0.4, -0.2) is 24.5 Å². The van der Waals surface area contributed by atoms with E-state index in [1.807, 2.05) is 13.8 Å². The molecule has 0 spiro atoms. The summed E-state index contributed by atoms with van der Waals surface area (Å²) < 4.78 is 16.5. The van der Waals surface area contributed by atoms with Crippen LogP contribution < -0.4 is 9.47 Å². The van der Waals surface area contributed by atoms with E-state index in [-0.39, 0.29) is 34.5 Å². The molecule has 0 bridgehead atoms. The van der Waals surface area contributed by atoms with E-state index in [0.717, 1.165) is 40.7 Å². The predicted octanol–water partition coefficient (Wildman–Crippen LogP) is 7.75. The van der Waals surface area contributed by atoms with E-state index in [2.05, 4.69) is 50.1 Å². The number of benzene rings is 3. The lowest BCUT2D eigenvalue weighted by Crippen LogP contribution is -2.11. The van der Waals surface area contributed by atoms with Gasteiger partial charge in [0.2, 0.25) is 0 Å². The number of hydrogen-bond acceptors (Lipinski definition) is 6. The summed E-state index contributed by atoms with van der Waals surface area (Å²) in [4.78, 5) is 36.4. The zero-order chi connectivity index (χ0) is 30.7. The summed E-state index contributed by atoms with van der Waals surface area (Å²) in [5, 5.41) is 0. The van der Waals surface area contributed by atoms with Crippen LogP contribution in [-0.2, 0) is 25.5 Å². The molecule has 1 atom stereocenters. The number of ether oxygens (including phenoxy) is 3. The fourth-order valence-corrected chi connectivity index (χ4v) is 5.02. The fourth-order valence-electron chi connectivity index (χ4n) is 5.02. The average molecular weight is 565 g/mol. The Hall–Kier alpha value is -4.71. The highest BCUT2D eigenvalue weighted by atomic mass is 16.5. The predicted molar refractivity (Wildman–Crippen MR) is 165 cm³/mol. The van der Waals surface area contributed by atoms with Crippen molar-refractivity contribution in [3.8, 4) is 33.8 Å². The second kappa shape index (κ2) is 12.4. The van der Waals surface area contributed by atoms with Crippen molar-refractivity contribution in [2.24, 2.45) is 0 Å². The summed E-state index contributed by atoms with van der Waals surface area (Å²) >= 11 is 0. The first-order valence-electron chi connectivity index (χ1n) is 13.8. The van der Waals surface area contributed by atoms with Crippen molar-refractivity contribution in [3.63, 3.8) is 0 Å². The second-order valence-corrected chi connectivity index (χ2v) is 11.0. The van der Waals surface area contributed by atoms with Crippen molar-refractivity contribution in [3.05, 3.63) is 107 Å². The number of hydrogen-bond donors (Lipinski definition) is 0. The van der Waals surface area contributed by atoms with Gasteiger partial charge in [0.15, 0.2) is 0 Å². The van der Waals surface area contributed by atoms with E-state index in [1.165, 1.54) is 17.2 Å². The molecule has 4 rings (SSSR count). The first kappa shape index (κ1) is 30.3. The minimum absolute atomic E-state index is 0.181. The molecule has 6 heteroatoms. The van der Waals surface area contributed by atoms with E-state index < -0.39 is 11.9 Å². The third kappa shape index (κ3) is 6.60. The quantitative estimate of drug-likeness (QED) is 0.150.